The summed E-state index contributed by atoms with van der Waals surface area (Å²) in [6.45, 7) is 6.08. The predicted molar refractivity (Wildman–Crippen MR) is 93.0 cm³/mol. The molecular formula is C17H23N7. The monoisotopic (exact) mass is 325 g/mol. The van der Waals surface area contributed by atoms with Crippen LogP contribution in [0, 0.1) is 13.8 Å². The summed E-state index contributed by atoms with van der Waals surface area (Å²) in [6.07, 6.45) is 7.12. The Kier molecular flexibility index (Phi) is 3.70. The van der Waals surface area contributed by atoms with Gasteiger partial charge >= 0.3 is 0 Å². The Hall–Kier alpha value is -2.44. The maximum Gasteiger partial charge on any atom is 0.163 e. The quantitative estimate of drug-likeness (QED) is 0.739. The molecule has 7 nitrogen and oxygen atoms in total. The van der Waals surface area contributed by atoms with E-state index in [2.05, 4.69) is 42.7 Å². The van der Waals surface area contributed by atoms with Crippen molar-refractivity contribution in [2.24, 2.45) is 7.05 Å². The molecule has 0 amide bonds. The molecular weight excluding hydrogens is 302 g/mol. The van der Waals surface area contributed by atoms with Crippen molar-refractivity contribution < 1.29 is 0 Å². The van der Waals surface area contributed by atoms with Gasteiger partial charge in [-0.15, -0.1) is 0 Å². The van der Waals surface area contributed by atoms with E-state index in [1.165, 1.54) is 18.5 Å². The van der Waals surface area contributed by atoms with Gasteiger partial charge in [-0.05, 0) is 39.2 Å². The van der Waals surface area contributed by atoms with Gasteiger partial charge in [0.1, 0.15) is 12.1 Å². The summed E-state index contributed by atoms with van der Waals surface area (Å²) in [5.74, 6) is 0.999. The highest BCUT2D eigenvalue weighted by molar-refractivity contribution is 5.86. The molecule has 1 fully saturated rings. The Balaban J connectivity index is 1.70. The van der Waals surface area contributed by atoms with Gasteiger partial charge < -0.3 is 4.90 Å². The maximum absolute atomic E-state index is 4.64. The van der Waals surface area contributed by atoms with Gasteiger partial charge in [-0.2, -0.15) is 10.2 Å². The van der Waals surface area contributed by atoms with Crippen LogP contribution in [0.4, 0.5) is 5.82 Å². The molecule has 0 aromatic carbocycles. The maximum atomic E-state index is 4.64. The van der Waals surface area contributed by atoms with E-state index < -0.39 is 0 Å². The molecule has 1 aliphatic heterocycles. The van der Waals surface area contributed by atoms with Crippen LogP contribution in [0.1, 0.15) is 30.7 Å². The van der Waals surface area contributed by atoms with Crippen LogP contribution in [0.25, 0.3) is 11.0 Å². The smallest absolute Gasteiger partial charge is 0.163 e. The van der Waals surface area contributed by atoms with Crippen molar-refractivity contribution in [1.82, 2.24) is 29.5 Å². The number of piperidine rings is 1. The molecule has 0 aliphatic carbocycles. The lowest BCUT2D eigenvalue weighted by molar-refractivity contribution is 0.393. The van der Waals surface area contributed by atoms with Crippen molar-refractivity contribution in [3.8, 4) is 0 Å². The number of fused-ring (bicyclic) bond motifs is 1. The SMILES string of the molecule is Cc1cc(C)n(C[C@H]2CCCCN2c2ncnc3c2cnn3C)n1. The lowest BCUT2D eigenvalue weighted by atomic mass is 10.0. The van der Waals surface area contributed by atoms with Crippen LogP contribution >= 0.6 is 0 Å². The molecule has 0 unspecified atom stereocenters. The van der Waals surface area contributed by atoms with Crippen molar-refractivity contribution in [3.63, 3.8) is 0 Å². The molecule has 24 heavy (non-hydrogen) atoms. The minimum Gasteiger partial charge on any atom is -0.351 e. The first-order chi connectivity index (χ1) is 11.6. The van der Waals surface area contributed by atoms with E-state index in [0.29, 0.717) is 6.04 Å². The number of hydrogen-bond donors (Lipinski definition) is 0. The predicted octanol–water partition coefficient (Wildman–Crippen LogP) is 2.24. The Morgan fingerprint density at radius 2 is 2.08 bits per heavy atom. The largest absolute Gasteiger partial charge is 0.351 e. The number of rotatable bonds is 3. The molecule has 1 saturated heterocycles. The average molecular weight is 325 g/mol. The van der Waals surface area contributed by atoms with Gasteiger partial charge in [0.15, 0.2) is 5.65 Å². The van der Waals surface area contributed by atoms with Gasteiger partial charge in [0.25, 0.3) is 0 Å². The van der Waals surface area contributed by atoms with E-state index in [0.717, 1.165) is 42.1 Å². The van der Waals surface area contributed by atoms with E-state index >= 15 is 0 Å². The highest BCUT2D eigenvalue weighted by Gasteiger charge is 2.26. The Morgan fingerprint density at radius 3 is 2.88 bits per heavy atom. The number of hydrogen-bond acceptors (Lipinski definition) is 5. The van der Waals surface area contributed by atoms with Crippen LogP contribution in [0.2, 0.25) is 0 Å². The molecule has 7 heteroatoms. The van der Waals surface area contributed by atoms with E-state index in [4.69, 9.17) is 0 Å². The highest BCUT2D eigenvalue weighted by Crippen LogP contribution is 2.29. The molecule has 4 rings (SSSR count). The summed E-state index contributed by atoms with van der Waals surface area (Å²) < 4.78 is 3.93. The summed E-state index contributed by atoms with van der Waals surface area (Å²) in [5, 5.41) is 10.0. The van der Waals surface area contributed by atoms with Crippen LogP contribution in [0.5, 0.6) is 0 Å². The van der Waals surface area contributed by atoms with Crippen LogP contribution < -0.4 is 4.90 Å². The van der Waals surface area contributed by atoms with Gasteiger partial charge in [-0.3, -0.25) is 9.36 Å². The summed E-state index contributed by atoms with van der Waals surface area (Å²) in [7, 11) is 1.92. The molecule has 0 N–H and O–H groups in total. The molecule has 0 bridgehead atoms. The Morgan fingerprint density at radius 1 is 1.21 bits per heavy atom. The van der Waals surface area contributed by atoms with Crippen molar-refractivity contribution in [2.45, 2.75) is 45.7 Å². The standard InChI is InChI=1S/C17H23N7/c1-12-8-13(2)24(21-12)10-14-6-4-5-7-23(14)17-15-9-20-22(3)16(15)18-11-19-17/h8-9,11,14H,4-7,10H2,1-3H3/t14-/m1/s1. The topological polar surface area (TPSA) is 64.7 Å². The van der Waals surface area contributed by atoms with Crippen LogP contribution in [0.3, 0.4) is 0 Å². The number of anilines is 1. The minimum absolute atomic E-state index is 0.398. The summed E-state index contributed by atoms with van der Waals surface area (Å²) in [6, 6.07) is 2.53. The molecule has 0 saturated carbocycles. The number of aryl methyl sites for hydroxylation is 3. The normalized spacial score (nSPS) is 18.5. The van der Waals surface area contributed by atoms with E-state index in [1.54, 1.807) is 11.0 Å². The molecule has 1 aliphatic rings. The fourth-order valence-electron chi connectivity index (χ4n) is 3.71. The minimum atomic E-state index is 0.398. The molecule has 126 valence electrons. The third-order valence-corrected chi connectivity index (χ3v) is 4.89. The summed E-state index contributed by atoms with van der Waals surface area (Å²) in [5.41, 5.74) is 3.18. The molecule has 0 radical (unpaired) electrons. The Bertz CT molecular complexity index is 863. The van der Waals surface area contributed by atoms with Gasteiger partial charge in [0, 0.05) is 19.3 Å². The van der Waals surface area contributed by atoms with E-state index in [9.17, 15) is 0 Å². The molecule has 3 aromatic heterocycles. The third kappa shape index (κ3) is 2.53. The number of nitrogens with zero attached hydrogens (tertiary/aromatic N) is 7. The fraction of sp³-hybridized carbons (Fsp3) is 0.529. The zero-order chi connectivity index (χ0) is 16.7. The van der Waals surface area contributed by atoms with Gasteiger partial charge in [-0.1, -0.05) is 0 Å². The first kappa shape index (κ1) is 15.1. The van der Waals surface area contributed by atoms with Crippen LogP contribution in [0.15, 0.2) is 18.6 Å². The lowest BCUT2D eigenvalue weighted by Crippen LogP contribution is -2.43. The highest BCUT2D eigenvalue weighted by atomic mass is 15.3. The molecule has 1 atom stereocenters. The summed E-state index contributed by atoms with van der Waals surface area (Å²) >= 11 is 0. The van der Waals surface area contributed by atoms with Crippen LogP contribution in [-0.2, 0) is 13.6 Å². The van der Waals surface area contributed by atoms with Crippen LogP contribution in [-0.4, -0.2) is 42.1 Å². The van der Waals surface area contributed by atoms with E-state index in [1.807, 2.05) is 20.2 Å². The van der Waals surface area contributed by atoms with Crippen molar-refractivity contribution in [1.29, 1.82) is 0 Å². The second-order valence-electron chi connectivity index (χ2n) is 6.65. The second-order valence-corrected chi connectivity index (χ2v) is 6.65. The zero-order valence-electron chi connectivity index (χ0n) is 14.5. The van der Waals surface area contributed by atoms with Crippen molar-refractivity contribution in [2.75, 3.05) is 11.4 Å². The Labute approximate surface area is 141 Å². The summed E-state index contributed by atoms with van der Waals surface area (Å²) in [4.78, 5) is 11.4. The lowest BCUT2D eigenvalue weighted by Gasteiger charge is -2.37. The molecule has 0 spiro atoms. The van der Waals surface area contributed by atoms with Crippen molar-refractivity contribution >= 4 is 16.9 Å². The van der Waals surface area contributed by atoms with Gasteiger partial charge in [-0.25, -0.2) is 9.97 Å². The number of aromatic nitrogens is 6. The fourth-order valence-corrected chi connectivity index (χ4v) is 3.71. The zero-order valence-corrected chi connectivity index (χ0v) is 14.5. The van der Waals surface area contributed by atoms with E-state index in [-0.39, 0.29) is 0 Å². The second kappa shape index (κ2) is 5.89. The molecule has 4 heterocycles. The molecule has 3 aromatic rings. The first-order valence-electron chi connectivity index (χ1n) is 8.54. The van der Waals surface area contributed by atoms with Gasteiger partial charge in [0.2, 0.25) is 0 Å². The van der Waals surface area contributed by atoms with Crippen molar-refractivity contribution in [3.05, 3.63) is 30.0 Å². The third-order valence-electron chi connectivity index (χ3n) is 4.89. The first-order valence-corrected chi connectivity index (χ1v) is 8.54. The van der Waals surface area contributed by atoms with Gasteiger partial charge in [0.05, 0.1) is 29.9 Å². The average Bonchev–Trinajstić information content (AvgIpc) is 3.11.